The molecule has 1 amide bonds. The number of rotatable bonds is 5. The third-order valence-corrected chi connectivity index (χ3v) is 6.67. The molecule has 0 spiro atoms. The van der Waals surface area contributed by atoms with E-state index in [-0.39, 0.29) is 16.4 Å². The Labute approximate surface area is 173 Å². The third-order valence-electron chi connectivity index (χ3n) is 4.75. The number of benzene rings is 2. The lowest BCUT2D eigenvalue weighted by molar-refractivity contribution is -0.147. The summed E-state index contributed by atoms with van der Waals surface area (Å²) in [4.78, 5) is 21.8. The summed E-state index contributed by atoms with van der Waals surface area (Å²) >= 11 is 0. The number of phenolic OH excluding ortho intramolecular Hbond substituents is 1. The summed E-state index contributed by atoms with van der Waals surface area (Å²) < 4.78 is 32.9. The summed E-state index contributed by atoms with van der Waals surface area (Å²) in [5, 5.41) is 21.1. The van der Waals surface area contributed by atoms with Gasteiger partial charge in [-0.1, -0.05) is 0 Å². The number of nitrogens with one attached hydrogen (secondary N) is 1. The smallest absolute Gasteiger partial charge is 0.394 e. The fraction of sp³-hybridized carbons (Fsp3) is 0.300. The van der Waals surface area contributed by atoms with Crippen LogP contribution in [-0.2, 0) is 19.6 Å². The van der Waals surface area contributed by atoms with Crippen LogP contribution in [0.15, 0.2) is 35.2 Å². The van der Waals surface area contributed by atoms with Gasteiger partial charge < -0.3 is 20.3 Å². The molecule has 0 atom stereocenters. The average molecular weight is 434 g/mol. The molecule has 0 bridgehead atoms. The van der Waals surface area contributed by atoms with Gasteiger partial charge in [0.05, 0.1) is 0 Å². The molecule has 0 aromatic heterocycles. The van der Waals surface area contributed by atoms with Crippen molar-refractivity contribution in [2.45, 2.75) is 31.6 Å². The first-order chi connectivity index (χ1) is 14.1. The van der Waals surface area contributed by atoms with Gasteiger partial charge in [-0.2, -0.15) is 4.31 Å². The summed E-state index contributed by atoms with van der Waals surface area (Å²) in [6, 6.07) is 7.10. The molecule has 2 aromatic rings. The number of nitrogens with zero attached hydrogens (tertiary/aromatic N) is 1. The number of hydrogen-bond acceptors (Lipinski definition) is 6. The van der Waals surface area contributed by atoms with Gasteiger partial charge in [0.1, 0.15) is 22.1 Å². The number of aliphatic carboxylic acids is 1. The van der Waals surface area contributed by atoms with Crippen LogP contribution in [0.3, 0.4) is 0 Å². The van der Waals surface area contributed by atoms with Gasteiger partial charge in [0.25, 0.3) is 0 Å². The van der Waals surface area contributed by atoms with E-state index in [1.54, 1.807) is 26.0 Å². The maximum atomic E-state index is 12.8. The van der Waals surface area contributed by atoms with E-state index < -0.39 is 21.9 Å². The number of carbonyl (C=O) groups is 2. The zero-order valence-corrected chi connectivity index (χ0v) is 17.3. The summed E-state index contributed by atoms with van der Waals surface area (Å²) in [5.41, 5.74) is 1.51. The SMILES string of the molecule is Cc1cc(NC(=O)C(=O)O)cc(C)c1Oc1ccc(O)c(S(=O)(=O)N2CCCC2)c1. The molecule has 10 heteroatoms. The summed E-state index contributed by atoms with van der Waals surface area (Å²) in [6.45, 7) is 4.24. The Morgan fingerprint density at radius 1 is 1.07 bits per heavy atom. The van der Waals surface area contributed by atoms with E-state index in [4.69, 9.17) is 9.84 Å². The van der Waals surface area contributed by atoms with E-state index in [0.717, 1.165) is 12.8 Å². The van der Waals surface area contributed by atoms with Crippen molar-refractivity contribution in [3.63, 3.8) is 0 Å². The first-order valence-corrected chi connectivity index (χ1v) is 10.7. The van der Waals surface area contributed by atoms with Crippen LogP contribution in [0.4, 0.5) is 5.69 Å². The summed E-state index contributed by atoms with van der Waals surface area (Å²) in [7, 11) is -3.83. The van der Waals surface area contributed by atoms with Crippen LogP contribution in [0.5, 0.6) is 17.2 Å². The number of hydrogen-bond donors (Lipinski definition) is 3. The van der Waals surface area contributed by atoms with Crippen LogP contribution in [0, 0.1) is 13.8 Å². The van der Waals surface area contributed by atoms with Crippen molar-refractivity contribution in [2.75, 3.05) is 18.4 Å². The van der Waals surface area contributed by atoms with Crippen molar-refractivity contribution in [3.05, 3.63) is 41.5 Å². The molecule has 3 N–H and O–H groups in total. The lowest BCUT2D eigenvalue weighted by Gasteiger charge is -2.18. The standard InChI is InChI=1S/C20H22N2O7S/c1-12-9-14(21-19(24)20(25)26)10-13(2)18(12)29-15-5-6-16(23)17(11-15)30(27,28)22-7-3-4-8-22/h5-6,9-11,23H,3-4,7-8H2,1-2H3,(H,21,24)(H,25,26). The second kappa shape index (κ2) is 8.33. The van der Waals surface area contributed by atoms with Crippen LogP contribution < -0.4 is 10.1 Å². The Morgan fingerprint density at radius 3 is 2.23 bits per heavy atom. The minimum Gasteiger partial charge on any atom is -0.507 e. The molecule has 1 aliphatic rings. The predicted molar refractivity (Wildman–Crippen MR) is 108 cm³/mol. The first-order valence-electron chi connectivity index (χ1n) is 9.26. The fourth-order valence-electron chi connectivity index (χ4n) is 3.32. The number of amides is 1. The maximum absolute atomic E-state index is 12.8. The van der Waals surface area contributed by atoms with Gasteiger partial charge in [0.15, 0.2) is 0 Å². The van der Waals surface area contributed by atoms with E-state index in [0.29, 0.717) is 35.7 Å². The molecule has 0 aliphatic carbocycles. The number of ether oxygens (including phenoxy) is 1. The van der Waals surface area contributed by atoms with Crippen molar-refractivity contribution in [2.24, 2.45) is 0 Å². The van der Waals surface area contributed by atoms with Crippen LogP contribution in [0.25, 0.3) is 0 Å². The van der Waals surface area contributed by atoms with E-state index >= 15 is 0 Å². The summed E-state index contributed by atoms with van der Waals surface area (Å²) in [6.07, 6.45) is 1.55. The van der Waals surface area contributed by atoms with Gasteiger partial charge in [0, 0.05) is 24.8 Å². The van der Waals surface area contributed by atoms with Gasteiger partial charge in [-0.15, -0.1) is 0 Å². The molecule has 160 valence electrons. The number of sulfonamides is 1. The number of anilines is 1. The highest BCUT2D eigenvalue weighted by atomic mass is 32.2. The van der Waals surface area contributed by atoms with E-state index in [1.165, 1.54) is 22.5 Å². The van der Waals surface area contributed by atoms with Gasteiger partial charge in [-0.25, -0.2) is 13.2 Å². The van der Waals surface area contributed by atoms with Crippen molar-refractivity contribution in [1.82, 2.24) is 4.31 Å². The topological polar surface area (TPSA) is 133 Å². The molecule has 2 aromatic carbocycles. The van der Waals surface area contributed by atoms with E-state index in [2.05, 4.69) is 5.32 Å². The van der Waals surface area contributed by atoms with E-state index in [9.17, 15) is 23.1 Å². The molecule has 0 radical (unpaired) electrons. The number of carboxylic acids is 1. The zero-order valence-electron chi connectivity index (χ0n) is 16.5. The quantitative estimate of drug-likeness (QED) is 0.616. The van der Waals surface area contributed by atoms with Gasteiger partial charge in [0.2, 0.25) is 10.0 Å². The van der Waals surface area contributed by atoms with Crippen molar-refractivity contribution >= 4 is 27.6 Å². The molecule has 1 saturated heterocycles. The Hall–Kier alpha value is -3.11. The lowest BCUT2D eigenvalue weighted by atomic mass is 10.1. The Bertz CT molecular complexity index is 1080. The highest BCUT2D eigenvalue weighted by Gasteiger charge is 2.30. The van der Waals surface area contributed by atoms with Gasteiger partial charge in [-0.05, 0) is 62.1 Å². The third kappa shape index (κ3) is 4.39. The highest BCUT2D eigenvalue weighted by Crippen LogP contribution is 2.36. The Morgan fingerprint density at radius 2 is 1.67 bits per heavy atom. The minimum absolute atomic E-state index is 0.220. The van der Waals surface area contributed by atoms with Crippen LogP contribution in [0.1, 0.15) is 24.0 Å². The Kier molecular flexibility index (Phi) is 5.99. The predicted octanol–water partition coefficient (Wildman–Crippen LogP) is 2.61. The molecule has 1 fully saturated rings. The number of aromatic hydroxyl groups is 1. The van der Waals surface area contributed by atoms with Crippen molar-refractivity contribution in [3.8, 4) is 17.2 Å². The molecule has 9 nitrogen and oxygen atoms in total. The molecule has 0 unspecified atom stereocenters. The molecule has 1 aliphatic heterocycles. The molecular weight excluding hydrogens is 412 g/mol. The zero-order chi connectivity index (χ0) is 22.1. The second-order valence-corrected chi connectivity index (χ2v) is 8.95. The fourth-order valence-corrected chi connectivity index (χ4v) is 4.93. The molecule has 30 heavy (non-hydrogen) atoms. The van der Waals surface area contributed by atoms with Gasteiger partial charge >= 0.3 is 11.9 Å². The summed E-state index contributed by atoms with van der Waals surface area (Å²) in [5.74, 6) is -2.45. The maximum Gasteiger partial charge on any atom is 0.394 e. The Balaban J connectivity index is 1.90. The number of carboxylic acid groups (broad SMARTS) is 1. The van der Waals surface area contributed by atoms with Crippen molar-refractivity contribution < 1.29 is 33.0 Å². The number of aryl methyl sites for hydroxylation is 2. The molecule has 1 heterocycles. The highest BCUT2D eigenvalue weighted by molar-refractivity contribution is 7.89. The first kappa shape index (κ1) is 21.6. The molecule has 3 rings (SSSR count). The van der Waals surface area contributed by atoms with Crippen LogP contribution in [-0.4, -0.2) is 47.9 Å². The lowest BCUT2D eigenvalue weighted by Crippen LogP contribution is -2.27. The van der Waals surface area contributed by atoms with Gasteiger partial charge in [-0.3, -0.25) is 4.79 Å². The minimum atomic E-state index is -3.83. The number of carbonyl (C=O) groups excluding carboxylic acids is 1. The largest absolute Gasteiger partial charge is 0.507 e. The average Bonchev–Trinajstić information content (AvgIpc) is 3.21. The molecule has 0 saturated carbocycles. The normalized spacial score (nSPS) is 14.5. The monoisotopic (exact) mass is 434 g/mol. The van der Waals surface area contributed by atoms with Crippen molar-refractivity contribution in [1.29, 1.82) is 0 Å². The van der Waals surface area contributed by atoms with E-state index in [1.807, 2.05) is 0 Å². The molecular formula is C20H22N2O7S. The second-order valence-electron chi connectivity index (χ2n) is 7.04. The number of phenols is 1. The van der Waals surface area contributed by atoms with Crippen LogP contribution in [0.2, 0.25) is 0 Å². The van der Waals surface area contributed by atoms with Crippen LogP contribution >= 0.6 is 0 Å².